The number of nitrogens with zero attached hydrogens (tertiary/aromatic N) is 2. The first-order valence-electron chi connectivity index (χ1n) is 8.36. The number of carbonyl (C=O) groups excluding carboxylic acids is 1. The Morgan fingerprint density at radius 3 is 2.54 bits per heavy atom. The minimum absolute atomic E-state index is 0.198. The first-order chi connectivity index (χ1) is 12.3. The molecule has 2 aromatic heterocycles. The van der Waals surface area contributed by atoms with E-state index in [1.807, 2.05) is 28.8 Å². The van der Waals surface area contributed by atoms with E-state index in [4.69, 9.17) is 9.47 Å². The summed E-state index contributed by atoms with van der Waals surface area (Å²) in [5.74, 6) is 1.72. The SMILES string of the molecule is COc1ccc(OC)c(NC(=O)c2nc(C(C)(C)C)n3ccccc23)c1. The standard InChI is InChI=1S/C20H23N3O3/c1-20(2,3)19-22-17(15-8-6-7-11-23(15)19)18(24)21-14-12-13(25-4)9-10-16(14)26-5/h6-12H,1-5H3,(H,21,24). The number of amides is 1. The van der Waals surface area contributed by atoms with Gasteiger partial charge in [0.05, 0.1) is 25.4 Å². The topological polar surface area (TPSA) is 64.9 Å². The molecule has 0 aliphatic carbocycles. The van der Waals surface area contributed by atoms with E-state index in [2.05, 4.69) is 31.1 Å². The highest BCUT2D eigenvalue weighted by Crippen LogP contribution is 2.30. The van der Waals surface area contributed by atoms with Gasteiger partial charge in [-0.1, -0.05) is 26.8 Å². The van der Waals surface area contributed by atoms with Crippen LogP contribution in [0.4, 0.5) is 5.69 Å². The van der Waals surface area contributed by atoms with Crippen LogP contribution in [0.2, 0.25) is 0 Å². The summed E-state index contributed by atoms with van der Waals surface area (Å²) in [6, 6.07) is 11.0. The van der Waals surface area contributed by atoms with E-state index in [1.165, 1.54) is 0 Å². The molecule has 1 N–H and O–H groups in total. The molecular formula is C20H23N3O3. The van der Waals surface area contributed by atoms with Crippen molar-refractivity contribution < 1.29 is 14.3 Å². The average Bonchev–Trinajstić information content (AvgIpc) is 3.01. The second-order valence-corrected chi connectivity index (χ2v) is 7.01. The molecule has 6 heteroatoms. The fraction of sp³-hybridized carbons (Fsp3) is 0.300. The second-order valence-electron chi connectivity index (χ2n) is 7.01. The number of rotatable bonds is 4. The van der Waals surface area contributed by atoms with Gasteiger partial charge in [-0.15, -0.1) is 0 Å². The molecule has 3 rings (SSSR count). The third-order valence-electron chi connectivity index (χ3n) is 4.09. The van der Waals surface area contributed by atoms with Gasteiger partial charge in [-0.25, -0.2) is 4.98 Å². The molecule has 0 saturated carbocycles. The van der Waals surface area contributed by atoms with Crippen LogP contribution in [-0.4, -0.2) is 29.5 Å². The molecule has 6 nitrogen and oxygen atoms in total. The van der Waals surface area contributed by atoms with Gasteiger partial charge in [0.1, 0.15) is 17.3 Å². The summed E-state index contributed by atoms with van der Waals surface area (Å²) >= 11 is 0. The number of hydrogen-bond donors (Lipinski definition) is 1. The zero-order valence-corrected chi connectivity index (χ0v) is 15.7. The summed E-state index contributed by atoms with van der Waals surface area (Å²) in [7, 11) is 3.13. The van der Waals surface area contributed by atoms with E-state index >= 15 is 0 Å². The zero-order chi connectivity index (χ0) is 18.9. The molecule has 0 unspecified atom stereocenters. The van der Waals surface area contributed by atoms with Crippen molar-refractivity contribution in [1.82, 2.24) is 9.38 Å². The van der Waals surface area contributed by atoms with Crippen LogP contribution in [0.25, 0.3) is 5.52 Å². The molecule has 2 heterocycles. The first-order valence-corrected chi connectivity index (χ1v) is 8.36. The molecule has 136 valence electrons. The summed E-state index contributed by atoms with van der Waals surface area (Å²) in [5, 5.41) is 2.89. The minimum atomic E-state index is -0.296. The number of ether oxygens (including phenoxy) is 2. The van der Waals surface area contributed by atoms with Crippen molar-refractivity contribution in [3.8, 4) is 11.5 Å². The normalized spacial score (nSPS) is 11.4. The Morgan fingerprint density at radius 2 is 1.88 bits per heavy atom. The lowest BCUT2D eigenvalue weighted by Gasteiger charge is -2.16. The summed E-state index contributed by atoms with van der Waals surface area (Å²) in [6.07, 6.45) is 1.92. The van der Waals surface area contributed by atoms with Crippen LogP contribution in [0.5, 0.6) is 11.5 Å². The molecule has 0 saturated heterocycles. The molecule has 0 radical (unpaired) electrons. The number of carbonyl (C=O) groups is 1. The number of imidazole rings is 1. The number of hydrogen-bond acceptors (Lipinski definition) is 4. The first kappa shape index (κ1) is 17.8. The molecule has 0 aliphatic heterocycles. The smallest absolute Gasteiger partial charge is 0.276 e. The van der Waals surface area contributed by atoms with Crippen LogP contribution >= 0.6 is 0 Å². The Bertz CT molecular complexity index is 955. The van der Waals surface area contributed by atoms with Crippen LogP contribution < -0.4 is 14.8 Å². The maximum atomic E-state index is 13.0. The van der Waals surface area contributed by atoms with E-state index in [0.29, 0.717) is 22.9 Å². The summed E-state index contributed by atoms with van der Waals surface area (Å²) < 4.78 is 12.5. The molecule has 1 aromatic carbocycles. The van der Waals surface area contributed by atoms with Crippen molar-refractivity contribution in [1.29, 1.82) is 0 Å². The largest absolute Gasteiger partial charge is 0.497 e. The molecule has 1 amide bonds. The number of pyridine rings is 1. The lowest BCUT2D eigenvalue weighted by molar-refractivity contribution is 0.102. The van der Waals surface area contributed by atoms with Crippen molar-refractivity contribution >= 4 is 17.1 Å². The van der Waals surface area contributed by atoms with Crippen molar-refractivity contribution in [2.24, 2.45) is 0 Å². The minimum Gasteiger partial charge on any atom is -0.497 e. The van der Waals surface area contributed by atoms with Gasteiger partial charge < -0.3 is 19.2 Å². The number of benzene rings is 1. The van der Waals surface area contributed by atoms with Gasteiger partial charge in [-0.05, 0) is 24.3 Å². The molecule has 0 fully saturated rings. The van der Waals surface area contributed by atoms with E-state index < -0.39 is 0 Å². The van der Waals surface area contributed by atoms with Crippen molar-refractivity contribution in [3.05, 3.63) is 54.1 Å². The molecule has 0 bridgehead atoms. The van der Waals surface area contributed by atoms with Crippen molar-refractivity contribution in [2.75, 3.05) is 19.5 Å². The molecular weight excluding hydrogens is 330 g/mol. The second kappa shape index (κ2) is 6.71. The van der Waals surface area contributed by atoms with E-state index in [9.17, 15) is 4.79 Å². The summed E-state index contributed by atoms with van der Waals surface area (Å²) in [5.41, 5.74) is 1.47. The average molecular weight is 353 g/mol. The van der Waals surface area contributed by atoms with Gasteiger partial charge in [-0.3, -0.25) is 4.79 Å². The van der Waals surface area contributed by atoms with Gasteiger partial charge >= 0.3 is 0 Å². The van der Waals surface area contributed by atoms with Crippen molar-refractivity contribution in [2.45, 2.75) is 26.2 Å². The third-order valence-corrected chi connectivity index (χ3v) is 4.09. The van der Waals surface area contributed by atoms with E-state index in [1.54, 1.807) is 32.4 Å². The van der Waals surface area contributed by atoms with Crippen LogP contribution in [-0.2, 0) is 5.41 Å². The van der Waals surface area contributed by atoms with Gasteiger partial charge in [0.2, 0.25) is 0 Å². The summed E-state index contributed by atoms with van der Waals surface area (Å²) in [4.78, 5) is 17.6. The highest BCUT2D eigenvalue weighted by molar-refractivity contribution is 6.08. The fourth-order valence-electron chi connectivity index (χ4n) is 2.83. The Kier molecular flexibility index (Phi) is 4.59. The number of fused-ring (bicyclic) bond motifs is 1. The van der Waals surface area contributed by atoms with Gasteiger partial charge in [-0.2, -0.15) is 0 Å². The molecule has 0 atom stereocenters. The molecule has 26 heavy (non-hydrogen) atoms. The van der Waals surface area contributed by atoms with Crippen LogP contribution in [0.1, 0.15) is 37.1 Å². The highest BCUT2D eigenvalue weighted by Gasteiger charge is 2.25. The quantitative estimate of drug-likeness (QED) is 0.772. The Balaban J connectivity index is 2.04. The van der Waals surface area contributed by atoms with Crippen molar-refractivity contribution in [3.63, 3.8) is 0 Å². The molecule has 0 spiro atoms. The Labute approximate surface area is 152 Å². The van der Waals surface area contributed by atoms with Gasteiger partial charge in [0, 0.05) is 17.7 Å². The molecule has 0 aliphatic rings. The van der Waals surface area contributed by atoms with Gasteiger partial charge in [0.15, 0.2) is 5.69 Å². The zero-order valence-electron chi connectivity index (χ0n) is 15.7. The van der Waals surface area contributed by atoms with Crippen LogP contribution in [0, 0.1) is 0 Å². The van der Waals surface area contributed by atoms with E-state index in [0.717, 1.165) is 11.3 Å². The Hall–Kier alpha value is -3.02. The predicted molar refractivity (Wildman–Crippen MR) is 101 cm³/mol. The number of anilines is 1. The number of nitrogens with one attached hydrogen (secondary N) is 1. The maximum Gasteiger partial charge on any atom is 0.276 e. The van der Waals surface area contributed by atoms with Crippen LogP contribution in [0.3, 0.4) is 0 Å². The van der Waals surface area contributed by atoms with Crippen LogP contribution in [0.15, 0.2) is 42.6 Å². The molecule has 3 aromatic rings. The lowest BCUT2D eigenvalue weighted by Crippen LogP contribution is -2.17. The number of aromatic nitrogens is 2. The Morgan fingerprint density at radius 1 is 1.12 bits per heavy atom. The number of methoxy groups -OCH3 is 2. The lowest BCUT2D eigenvalue weighted by atomic mass is 9.96. The predicted octanol–water partition coefficient (Wildman–Crippen LogP) is 3.90. The maximum absolute atomic E-state index is 13.0. The highest BCUT2D eigenvalue weighted by atomic mass is 16.5. The van der Waals surface area contributed by atoms with Gasteiger partial charge in [0.25, 0.3) is 5.91 Å². The summed E-state index contributed by atoms with van der Waals surface area (Å²) in [6.45, 7) is 6.21. The van der Waals surface area contributed by atoms with E-state index in [-0.39, 0.29) is 11.3 Å². The fourth-order valence-corrected chi connectivity index (χ4v) is 2.83. The third kappa shape index (κ3) is 3.22. The monoisotopic (exact) mass is 353 g/mol.